The predicted molar refractivity (Wildman–Crippen MR) is 124 cm³/mol. The fourth-order valence-corrected chi connectivity index (χ4v) is 3.57. The van der Waals surface area contributed by atoms with E-state index < -0.39 is 0 Å². The van der Waals surface area contributed by atoms with E-state index in [0.717, 1.165) is 30.6 Å². The van der Waals surface area contributed by atoms with E-state index in [1.54, 1.807) is 19.0 Å². The number of benzene rings is 2. The minimum atomic E-state index is -0.0251. The average Bonchev–Trinajstić information content (AvgIpc) is 2.80. The molecule has 0 aliphatic carbocycles. The Morgan fingerprint density at radius 2 is 1.81 bits per heavy atom. The number of para-hydroxylation sites is 1. The number of hydrogen-bond donors (Lipinski definition) is 2. The molecule has 0 atom stereocenters. The van der Waals surface area contributed by atoms with Crippen LogP contribution in [0.1, 0.15) is 34.8 Å². The summed E-state index contributed by atoms with van der Waals surface area (Å²) >= 11 is 0. The summed E-state index contributed by atoms with van der Waals surface area (Å²) in [6, 6.07) is 15.5. The lowest BCUT2D eigenvalue weighted by Crippen LogP contribution is -2.46. The summed E-state index contributed by atoms with van der Waals surface area (Å²) in [5, 5.41) is 6.33. The lowest BCUT2D eigenvalue weighted by molar-refractivity contribution is -0.117. The predicted octanol–water partition coefficient (Wildman–Crippen LogP) is 2.42. The van der Waals surface area contributed by atoms with Crippen LogP contribution in [-0.4, -0.2) is 56.4 Å². The van der Waals surface area contributed by atoms with Crippen molar-refractivity contribution in [3.05, 3.63) is 65.2 Å². The van der Waals surface area contributed by atoms with Crippen LogP contribution in [0.2, 0.25) is 0 Å². The van der Waals surface area contributed by atoms with Crippen molar-refractivity contribution in [2.75, 3.05) is 38.6 Å². The van der Waals surface area contributed by atoms with Gasteiger partial charge in [0.05, 0.1) is 13.1 Å². The molecule has 1 aliphatic heterocycles. The van der Waals surface area contributed by atoms with Gasteiger partial charge in [-0.3, -0.25) is 9.59 Å². The van der Waals surface area contributed by atoms with Gasteiger partial charge in [-0.25, -0.2) is 4.99 Å². The molecule has 2 amide bonds. The van der Waals surface area contributed by atoms with Crippen molar-refractivity contribution in [2.45, 2.75) is 26.3 Å². The highest BCUT2D eigenvalue weighted by atomic mass is 16.2. The normalized spacial score (nSPS) is 13.4. The van der Waals surface area contributed by atoms with E-state index in [0.29, 0.717) is 24.6 Å². The Balaban J connectivity index is 1.60. The lowest BCUT2D eigenvalue weighted by atomic mass is 10.0. The monoisotopic (exact) mass is 421 g/mol. The molecule has 1 heterocycles. The van der Waals surface area contributed by atoms with Crippen LogP contribution in [0.25, 0.3) is 0 Å². The summed E-state index contributed by atoms with van der Waals surface area (Å²) in [6.45, 7) is 4.05. The number of guanidine groups is 1. The first kappa shape index (κ1) is 22.3. The topological polar surface area (TPSA) is 77.0 Å². The molecule has 2 aromatic rings. The minimum Gasteiger partial charge on any atom is -0.357 e. The first-order valence-corrected chi connectivity index (χ1v) is 10.7. The molecule has 0 fully saturated rings. The number of aryl methyl sites for hydroxylation is 1. The molecule has 0 aromatic heterocycles. The minimum absolute atomic E-state index is 0.0251. The molecule has 7 heteroatoms. The second kappa shape index (κ2) is 10.6. The molecule has 0 saturated heterocycles. The third-order valence-corrected chi connectivity index (χ3v) is 5.19. The number of nitrogens with zero attached hydrogens (tertiary/aromatic N) is 3. The molecule has 0 spiro atoms. The van der Waals surface area contributed by atoms with Gasteiger partial charge in [-0.2, -0.15) is 0 Å². The Hall–Kier alpha value is -3.35. The Labute approximate surface area is 184 Å². The van der Waals surface area contributed by atoms with Crippen LogP contribution in [0.4, 0.5) is 5.69 Å². The van der Waals surface area contributed by atoms with E-state index in [9.17, 15) is 9.59 Å². The number of anilines is 1. The average molecular weight is 422 g/mol. The third-order valence-electron chi connectivity index (χ3n) is 5.19. The zero-order chi connectivity index (χ0) is 22.2. The van der Waals surface area contributed by atoms with Gasteiger partial charge in [-0.15, -0.1) is 0 Å². The Morgan fingerprint density at radius 1 is 1.06 bits per heavy atom. The van der Waals surface area contributed by atoms with Gasteiger partial charge >= 0.3 is 0 Å². The molecule has 1 aliphatic rings. The number of carbonyl (C=O) groups excluding carboxylic acids is 2. The second-order valence-corrected chi connectivity index (χ2v) is 7.72. The number of fused-ring (bicyclic) bond motifs is 1. The number of carbonyl (C=O) groups is 2. The van der Waals surface area contributed by atoms with Gasteiger partial charge in [0.2, 0.25) is 5.91 Å². The molecule has 2 aromatic carbocycles. The molecule has 0 bridgehead atoms. The number of aliphatic imine (C=N–C) groups is 1. The highest BCUT2D eigenvalue weighted by molar-refractivity contribution is 5.98. The number of amides is 2. The largest absolute Gasteiger partial charge is 0.357 e. The van der Waals surface area contributed by atoms with E-state index in [2.05, 4.69) is 21.7 Å². The van der Waals surface area contributed by atoms with Gasteiger partial charge in [0.15, 0.2) is 5.96 Å². The van der Waals surface area contributed by atoms with Crippen molar-refractivity contribution in [1.29, 1.82) is 0 Å². The fourth-order valence-electron chi connectivity index (χ4n) is 3.57. The number of nitrogens with one attached hydrogen (secondary N) is 2. The highest BCUT2D eigenvalue weighted by Gasteiger charge is 2.22. The molecule has 2 N–H and O–H groups in total. The van der Waals surface area contributed by atoms with Crippen LogP contribution in [0, 0.1) is 0 Å². The SMILES string of the molecule is CCNC(=NCc1ccc(C(=O)N(C)C)cc1)NCC(=O)N1CCCc2ccccc21. The zero-order valence-electron chi connectivity index (χ0n) is 18.5. The van der Waals surface area contributed by atoms with Gasteiger partial charge < -0.3 is 20.4 Å². The molecular weight excluding hydrogens is 390 g/mol. The maximum Gasteiger partial charge on any atom is 0.253 e. The maximum absolute atomic E-state index is 12.8. The summed E-state index contributed by atoms with van der Waals surface area (Å²) in [4.78, 5) is 32.8. The first-order valence-electron chi connectivity index (χ1n) is 10.7. The summed E-state index contributed by atoms with van der Waals surface area (Å²) in [5.74, 6) is 0.599. The van der Waals surface area contributed by atoms with Crippen LogP contribution in [0.15, 0.2) is 53.5 Å². The molecule has 31 heavy (non-hydrogen) atoms. The van der Waals surface area contributed by atoms with Gasteiger partial charge in [0, 0.05) is 38.4 Å². The van der Waals surface area contributed by atoms with Crippen LogP contribution < -0.4 is 15.5 Å². The summed E-state index contributed by atoms with van der Waals surface area (Å²) in [5.41, 5.74) is 3.87. The molecule has 0 unspecified atom stereocenters. The van der Waals surface area contributed by atoms with Crippen molar-refractivity contribution < 1.29 is 9.59 Å². The standard InChI is InChI=1S/C24H31N5O2/c1-4-25-24(26-16-18-11-13-20(14-12-18)23(31)28(2)3)27-17-22(30)29-15-7-9-19-8-5-6-10-21(19)29/h5-6,8,10-14H,4,7,9,15-17H2,1-3H3,(H2,25,26,27). The van der Waals surface area contributed by atoms with Crippen molar-refractivity contribution in [3.63, 3.8) is 0 Å². The smallest absolute Gasteiger partial charge is 0.253 e. The molecular formula is C24H31N5O2. The van der Waals surface area contributed by atoms with Gasteiger partial charge in [-0.1, -0.05) is 30.3 Å². The number of rotatable bonds is 6. The van der Waals surface area contributed by atoms with Crippen molar-refractivity contribution >= 4 is 23.5 Å². The van der Waals surface area contributed by atoms with Crippen LogP contribution in [-0.2, 0) is 17.8 Å². The molecule has 0 saturated carbocycles. The molecule has 7 nitrogen and oxygen atoms in total. The van der Waals surface area contributed by atoms with E-state index in [4.69, 9.17) is 0 Å². The Morgan fingerprint density at radius 3 is 2.52 bits per heavy atom. The maximum atomic E-state index is 12.8. The van der Waals surface area contributed by atoms with Crippen molar-refractivity contribution in [3.8, 4) is 0 Å². The quantitative estimate of drug-likeness (QED) is 0.555. The van der Waals surface area contributed by atoms with Gasteiger partial charge in [0.25, 0.3) is 5.91 Å². The fraction of sp³-hybridized carbons (Fsp3) is 0.375. The Kier molecular flexibility index (Phi) is 7.65. The van der Waals surface area contributed by atoms with Crippen LogP contribution in [0.3, 0.4) is 0 Å². The van der Waals surface area contributed by atoms with Gasteiger partial charge in [-0.05, 0) is 49.1 Å². The second-order valence-electron chi connectivity index (χ2n) is 7.72. The van der Waals surface area contributed by atoms with E-state index >= 15 is 0 Å². The molecule has 164 valence electrons. The lowest BCUT2D eigenvalue weighted by Gasteiger charge is -2.29. The molecule has 0 radical (unpaired) electrons. The third kappa shape index (κ3) is 5.84. The van der Waals surface area contributed by atoms with Gasteiger partial charge in [0.1, 0.15) is 0 Å². The van der Waals surface area contributed by atoms with E-state index in [-0.39, 0.29) is 18.4 Å². The zero-order valence-corrected chi connectivity index (χ0v) is 18.5. The highest BCUT2D eigenvalue weighted by Crippen LogP contribution is 2.26. The van der Waals surface area contributed by atoms with Crippen molar-refractivity contribution in [1.82, 2.24) is 15.5 Å². The van der Waals surface area contributed by atoms with Crippen LogP contribution in [0.5, 0.6) is 0 Å². The summed E-state index contributed by atoms with van der Waals surface area (Å²) in [6.07, 6.45) is 1.99. The van der Waals surface area contributed by atoms with Crippen LogP contribution >= 0.6 is 0 Å². The summed E-state index contributed by atoms with van der Waals surface area (Å²) in [7, 11) is 3.47. The number of hydrogen-bond acceptors (Lipinski definition) is 3. The van der Waals surface area contributed by atoms with Crippen molar-refractivity contribution in [2.24, 2.45) is 4.99 Å². The van der Waals surface area contributed by atoms with E-state index in [1.807, 2.05) is 54.3 Å². The summed E-state index contributed by atoms with van der Waals surface area (Å²) < 4.78 is 0. The molecule has 3 rings (SSSR count). The van der Waals surface area contributed by atoms with E-state index in [1.165, 1.54) is 5.56 Å². The first-order chi connectivity index (χ1) is 15.0. The Bertz CT molecular complexity index is 937.